The fraction of sp³-hybridized carbons (Fsp3) is 0.143. The van der Waals surface area contributed by atoms with Gasteiger partial charge in [-0.3, -0.25) is 4.98 Å². The van der Waals surface area contributed by atoms with Crippen molar-refractivity contribution in [1.29, 1.82) is 0 Å². The van der Waals surface area contributed by atoms with E-state index in [2.05, 4.69) is 31.5 Å². The van der Waals surface area contributed by atoms with E-state index in [1.807, 2.05) is 36.4 Å². The van der Waals surface area contributed by atoms with E-state index in [9.17, 15) is 0 Å². The Morgan fingerprint density at radius 2 is 2.15 bits per heavy atom. The van der Waals surface area contributed by atoms with Gasteiger partial charge in [0, 0.05) is 35.0 Å². The molecule has 0 aliphatic rings. The van der Waals surface area contributed by atoms with Crippen LogP contribution in [0.1, 0.15) is 5.69 Å². The lowest BCUT2D eigenvalue weighted by atomic mass is 10.3. The van der Waals surface area contributed by atoms with Crippen LogP contribution in [0.3, 0.4) is 0 Å². The average molecular weight is 371 g/mol. The molecule has 0 aliphatic carbocycles. The molecule has 1 aromatic carbocycles. The number of rotatable bonds is 4. The van der Waals surface area contributed by atoms with Crippen molar-refractivity contribution in [3.63, 3.8) is 0 Å². The molecule has 2 aromatic rings. The van der Waals surface area contributed by atoms with Gasteiger partial charge in [0.25, 0.3) is 0 Å². The number of anilines is 1. The Balaban J connectivity index is 1.79. The topological polar surface area (TPSA) is 37.0 Å². The van der Waals surface area contributed by atoms with Crippen LogP contribution in [0.2, 0.25) is 5.02 Å². The zero-order chi connectivity index (χ0) is 14.4. The first-order chi connectivity index (χ1) is 9.65. The van der Waals surface area contributed by atoms with Crippen molar-refractivity contribution in [2.24, 2.45) is 0 Å². The molecular weight excluding hydrogens is 358 g/mol. The molecule has 0 fully saturated rings. The molecule has 104 valence electrons. The first-order valence-corrected chi connectivity index (χ1v) is 7.63. The first-order valence-electron chi connectivity index (χ1n) is 6.05. The fourth-order valence-electron chi connectivity index (χ4n) is 1.60. The predicted octanol–water partition coefficient (Wildman–Crippen LogP) is 4.03. The maximum absolute atomic E-state index is 6.02. The van der Waals surface area contributed by atoms with Gasteiger partial charge in [0.2, 0.25) is 0 Å². The van der Waals surface area contributed by atoms with Crippen LogP contribution in [0.25, 0.3) is 0 Å². The van der Waals surface area contributed by atoms with Crippen molar-refractivity contribution in [3.05, 3.63) is 57.8 Å². The number of nitrogens with zero attached hydrogens (tertiary/aromatic N) is 1. The molecule has 0 saturated heterocycles. The van der Waals surface area contributed by atoms with Gasteiger partial charge in [0.05, 0.1) is 5.02 Å². The average Bonchev–Trinajstić information content (AvgIpc) is 2.44. The maximum Gasteiger partial charge on any atom is 0.170 e. The largest absolute Gasteiger partial charge is 0.362 e. The number of hydrogen-bond donors (Lipinski definition) is 2. The summed E-state index contributed by atoms with van der Waals surface area (Å²) < 4.78 is 0.860. The predicted molar refractivity (Wildman–Crippen MR) is 91.3 cm³/mol. The van der Waals surface area contributed by atoms with Crippen LogP contribution in [-0.2, 0) is 6.42 Å². The molecule has 2 N–H and O–H groups in total. The lowest BCUT2D eigenvalue weighted by Crippen LogP contribution is -2.30. The molecule has 0 amide bonds. The summed E-state index contributed by atoms with van der Waals surface area (Å²) in [7, 11) is 0. The van der Waals surface area contributed by atoms with Gasteiger partial charge in [-0.15, -0.1) is 0 Å². The summed E-state index contributed by atoms with van der Waals surface area (Å²) in [6.45, 7) is 0.729. The van der Waals surface area contributed by atoms with Crippen LogP contribution in [0.5, 0.6) is 0 Å². The van der Waals surface area contributed by atoms with Gasteiger partial charge in [0.1, 0.15) is 0 Å². The Labute approximate surface area is 136 Å². The van der Waals surface area contributed by atoms with Crippen LogP contribution >= 0.6 is 39.7 Å². The second-order valence-corrected chi connectivity index (χ2v) is 5.75. The van der Waals surface area contributed by atoms with Crippen molar-refractivity contribution in [3.8, 4) is 0 Å². The van der Waals surface area contributed by atoms with E-state index in [1.54, 1.807) is 6.20 Å². The van der Waals surface area contributed by atoms with Crippen LogP contribution < -0.4 is 10.6 Å². The first kappa shape index (κ1) is 15.2. The van der Waals surface area contributed by atoms with Crippen LogP contribution in [0.4, 0.5) is 5.69 Å². The SMILES string of the molecule is S=C(NCCc1ccccn1)Nc1ccc(Br)c(Cl)c1. The Kier molecular flexibility index (Phi) is 5.76. The number of halogens is 2. The number of hydrogen-bond acceptors (Lipinski definition) is 2. The minimum absolute atomic E-state index is 0.569. The zero-order valence-electron chi connectivity index (χ0n) is 10.6. The molecule has 20 heavy (non-hydrogen) atoms. The van der Waals surface area contributed by atoms with Crippen molar-refractivity contribution in [2.45, 2.75) is 6.42 Å². The molecule has 0 saturated carbocycles. The second-order valence-electron chi connectivity index (χ2n) is 4.08. The molecule has 2 rings (SSSR count). The number of thiocarbonyl (C=S) groups is 1. The minimum Gasteiger partial charge on any atom is -0.362 e. The summed E-state index contributed by atoms with van der Waals surface area (Å²) in [5.74, 6) is 0. The summed E-state index contributed by atoms with van der Waals surface area (Å²) in [5, 5.41) is 7.44. The van der Waals surface area contributed by atoms with Crippen LogP contribution in [-0.4, -0.2) is 16.6 Å². The van der Waals surface area contributed by atoms with E-state index in [0.717, 1.165) is 28.8 Å². The van der Waals surface area contributed by atoms with Gasteiger partial charge in [0.15, 0.2) is 5.11 Å². The van der Waals surface area contributed by atoms with E-state index in [4.69, 9.17) is 23.8 Å². The van der Waals surface area contributed by atoms with Crippen LogP contribution in [0.15, 0.2) is 47.1 Å². The monoisotopic (exact) mass is 369 g/mol. The van der Waals surface area contributed by atoms with Gasteiger partial charge >= 0.3 is 0 Å². The Bertz CT molecular complexity index is 592. The highest BCUT2D eigenvalue weighted by atomic mass is 79.9. The van der Waals surface area contributed by atoms with E-state index < -0.39 is 0 Å². The van der Waals surface area contributed by atoms with Crippen LogP contribution in [0, 0.1) is 0 Å². The third-order valence-electron chi connectivity index (χ3n) is 2.57. The third-order valence-corrected chi connectivity index (χ3v) is 4.05. The minimum atomic E-state index is 0.569. The number of pyridine rings is 1. The molecule has 1 aromatic heterocycles. The van der Waals surface area contributed by atoms with Crippen molar-refractivity contribution in [2.75, 3.05) is 11.9 Å². The highest BCUT2D eigenvalue weighted by Gasteiger charge is 2.01. The molecule has 0 aliphatic heterocycles. The van der Waals surface area contributed by atoms with E-state index in [0.29, 0.717) is 10.1 Å². The summed E-state index contributed by atoms with van der Waals surface area (Å²) in [6, 6.07) is 11.5. The summed E-state index contributed by atoms with van der Waals surface area (Å²) in [4.78, 5) is 4.25. The molecule has 0 unspecified atom stereocenters. The fourth-order valence-corrected chi connectivity index (χ4v) is 2.25. The zero-order valence-corrected chi connectivity index (χ0v) is 13.7. The standard InChI is InChI=1S/C14H13BrClN3S/c15-12-5-4-11(9-13(12)16)19-14(20)18-8-6-10-3-1-2-7-17-10/h1-5,7,9H,6,8H2,(H2,18,19,20). The molecule has 0 spiro atoms. The lowest BCUT2D eigenvalue weighted by molar-refractivity contribution is 0.847. The molecule has 6 heteroatoms. The van der Waals surface area contributed by atoms with Gasteiger partial charge in [-0.05, 0) is 58.5 Å². The number of benzene rings is 1. The lowest BCUT2D eigenvalue weighted by Gasteiger charge is -2.11. The molecule has 0 radical (unpaired) electrons. The number of nitrogens with one attached hydrogen (secondary N) is 2. The smallest absolute Gasteiger partial charge is 0.170 e. The van der Waals surface area contributed by atoms with Crippen molar-refractivity contribution >= 4 is 50.5 Å². The molecule has 0 bridgehead atoms. The normalized spacial score (nSPS) is 10.1. The number of aromatic nitrogens is 1. The highest BCUT2D eigenvalue weighted by molar-refractivity contribution is 9.10. The Hall–Kier alpha value is -1.17. The third kappa shape index (κ3) is 4.74. The van der Waals surface area contributed by atoms with E-state index >= 15 is 0 Å². The van der Waals surface area contributed by atoms with Crippen molar-refractivity contribution < 1.29 is 0 Å². The second kappa shape index (κ2) is 7.57. The van der Waals surface area contributed by atoms with E-state index in [-0.39, 0.29) is 0 Å². The molecular formula is C14H13BrClN3S. The van der Waals surface area contributed by atoms with Gasteiger partial charge < -0.3 is 10.6 Å². The molecule has 1 heterocycles. The highest BCUT2D eigenvalue weighted by Crippen LogP contribution is 2.25. The van der Waals surface area contributed by atoms with Gasteiger partial charge in [-0.2, -0.15) is 0 Å². The summed E-state index contributed by atoms with van der Waals surface area (Å²) in [5.41, 5.74) is 1.89. The van der Waals surface area contributed by atoms with E-state index in [1.165, 1.54) is 0 Å². The molecule has 3 nitrogen and oxygen atoms in total. The van der Waals surface area contributed by atoms with Gasteiger partial charge in [-0.25, -0.2) is 0 Å². The Morgan fingerprint density at radius 1 is 1.30 bits per heavy atom. The quantitative estimate of drug-likeness (QED) is 0.797. The maximum atomic E-state index is 6.02. The summed E-state index contributed by atoms with van der Waals surface area (Å²) >= 11 is 14.6. The Morgan fingerprint density at radius 3 is 2.85 bits per heavy atom. The van der Waals surface area contributed by atoms with Crippen molar-refractivity contribution in [1.82, 2.24) is 10.3 Å². The summed E-state index contributed by atoms with van der Waals surface area (Å²) in [6.07, 6.45) is 2.61. The van der Waals surface area contributed by atoms with Gasteiger partial charge in [-0.1, -0.05) is 17.7 Å². The molecule has 0 atom stereocenters.